The van der Waals surface area contributed by atoms with Gasteiger partial charge in [-0.25, -0.2) is 4.79 Å². The summed E-state index contributed by atoms with van der Waals surface area (Å²) in [4.78, 5) is 38.9. The van der Waals surface area contributed by atoms with Crippen molar-refractivity contribution in [2.75, 3.05) is 23.7 Å². The van der Waals surface area contributed by atoms with Crippen LogP contribution >= 0.6 is 0 Å². The molecular weight excluding hydrogens is 418 g/mol. The monoisotopic (exact) mass is 451 g/mol. The van der Waals surface area contributed by atoms with E-state index >= 15 is 0 Å². The first kappa shape index (κ1) is 24.3. The van der Waals surface area contributed by atoms with E-state index in [0.29, 0.717) is 17.9 Å². The van der Waals surface area contributed by atoms with E-state index in [4.69, 9.17) is 5.73 Å². The van der Waals surface area contributed by atoms with Gasteiger partial charge in [-0.05, 0) is 55.1 Å². The van der Waals surface area contributed by atoms with Crippen LogP contribution in [0.15, 0.2) is 54.6 Å². The molecule has 5 N–H and O–H groups in total. The molecule has 8 nitrogen and oxygen atoms in total. The van der Waals surface area contributed by atoms with Crippen LogP contribution in [0, 0.1) is 11.8 Å². The predicted octanol–water partition coefficient (Wildman–Crippen LogP) is 3.17. The minimum absolute atomic E-state index is 0.0862. The topological polar surface area (TPSA) is 117 Å². The number of piperidine rings is 1. The lowest BCUT2D eigenvalue weighted by atomic mass is 9.97. The zero-order valence-electron chi connectivity index (χ0n) is 19.2. The minimum atomic E-state index is -0.688. The predicted molar refractivity (Wildman–Crippen MR) is 129 cm³/mol. The molecule has 0 bridgehead atoms. The highest BCUT2D eigenvalue weighted by Gasteiger charge is 2.25. The molecule has 1 heterocycles. The third-order valence-corrected chi connectivity index (χ3v) is 5.80. The lowest BCUT2D eigenvalue weighted by Gasteiger charge is -2.31. The summed E-state index contributed by atoms with van der Waals surface area (Å²) in [6, 6.07) is 15.6. The molecule has 33 heavy (non-hydrogen) atoms. The van der Waals surface area contributed by atoms with E-state index in [1.807, 2.05) is 56.3 Å². The Morgan fingerprint density at radius 1 is 1.00 bits per heavy atom. The van der Waals surface area contributed by atoms with Gasteiger partial charge in [0.05, 0.1) is 5.92 Å². The normalized spacial score (nSPS) is 17.2. The smallest absolute Gasteiger partial charge is 0.319 e. The number of hydrogen-bond donors (Lipinski definition) is 4. The van der Waals surface area contributed by atoms with Gasteiger partial charge in [0.2, 0.25) is 11.8 Å². The maximum Gasteiger partial charge on any atom is 0.319 e. The van der Waals surface area contributed by atoms with Gasteiger partial charge in [-0.2, -0.15) is 0 Å². The SMILES string of the molecule is CC(C)C(NC(=O)Nc1ccccc1)C(=O)Nc1ccc(CN2CCCC(C(N)=O)C2)cc1. The summed E-state index contributed by atoms with van der Waals surface area (Å²) >= 11 is 0. The van der Waals surface area contributed by atoms with Crippen molar-refractivity contribution in [3.63, 3.8) is 0 Å². The fourth-order valence-corrected chi connectivity index (χ4v) is 3.97. The van der Waals surface area contributed by atoms with Crippen molar-refractivity contribution in [1.29, 1.82) is 0 Å². The highest BCUT2D eigenvalue weighted by Crippen LogP contribution is 2.19. The largest absolute Gasteiger partial charge is 0.369 e. The average molecular weight is 452 g/mol. The molecule has 0 saturated carbocycles. The third kappa shape index (κ3) is 7.32. The Labute approximate surface area is 194 Å². The van der Waals surface area contributed by atoms with Crippen LogP contribution in [0.25, 0.3) is 0 Å². The van der Waals surface area contributed by atoms with Gasteiger partial charge in [-0.3, -0.25) is 14.5 Å². The second kappa shape index (κ2) is 11.5. The van der Waals surface area contributed by atoms with Crippen LogP contribution < -0.4 is 21.7 Å². The molecule has 1 saturated heterocycles. The zero-order chi connectivity index (χ0) is 23.8. The Kier molecular flexibility index (Phi) is 8.43. The summed E-state index contributed by atoms with van der Waals surface area (Å²) in [6.07, 6.45) is 1.81. The maximum absolute atomic E-state index is 12.8. The van der Waals surface area contributed by atoms with Crippen molar-refractivity contribution in [2.24, 2.45) is 17.6 Å². The van der Waals surface area contributed by atoms with Crippen molar-refractivity contribution in [1.82, 2.24) is 10.2 Å². The molecule has 176 valence electrons. The molecule has 1 aliphatic rings. The number of carbonyl (C=O) groups excluding carboxylic acids is 3. The number of para-hydroxylation sites is 1. The van der Waals surface area contributed by atoms with Crippen LogP contribution in [0.2, 0.25) is 0 Å². The van der Waals surface area contributed by atoms with E-state index in [9.17, 15) is 14.4 Å². The number of rotatable bonds is 8. The van der Waals surface area contributed by atoms with Crippen molar-refractivity contribution in [2.45, 2.75) is 39.3 Å². The van der Waals surface area contributed by atoms with Crippen LogP contribution in [-0.2, 0) is 16.1 Å². The molecule has 2 aromatic rings. The van der Waals surface area contributed by atoms with E-state index in [2.05, 4.69) is 20.9 Å². The standard InChI is InChI=1S/C25H33N5O3/c1-17(2)22(29-25(33)28-20-8-4-3-5-9-20)24(32)27-21-12-10-18(11-13-21)15-30-14-6-7-19(16-30)23(26)31/h3-5,8-13,17,19,22H,6-7,14-16H2,1-2H3,(H2,26,31)(H,27,32)(H2,28,29,33). The second-order valence-electron chi connectivity index (χ2n) is 8.85. The summed E-state index contributed by atoms with van der Waals surface area (Å²) in [6.45, 7) is 6.12. The average Bonchev–Trinajstić information content (AvgIpc) is 2.79. The fraction of sp³-hybridized carbons (Fsp3) is 0.400. The van der Waals surface area contributed by atoms with Crippen molar-refractivity contribution < 1.29 is 14.4 Å². The van der Waals surface area contributed by atoms with Gasteiger partial charge in [0.15, 0.2) is 0 Å². The molecule has 2 aromatic carbocycles. The number of urea groups is 1. The second-order valence-corrected chi connectivity index (χ2v) is 8.85. The molecular formula is C25H33N5O3. The minimum Gasteiger partial charge on any atom is -0.369 e. The number of primary amides is 1. The Morgan fingerprint density at radius 2 is 1.67 bits per heavy atom. The van der Waals surface area contributed by atoms with Crippen LogP contribution in [0.1, 0.15) is 32.3 Å². The number of nitrogens with zero attached hydrogens (tertiary/aromatic N) is 1. The van der Waals surface area contributed by atoms with Gasteiger partial charge in [0, 0.05) is 24.5 Å². The molecule has 0 aromatic heterocycles. The Hall–Kier alpha value is -3.39. The highest BCUT2D eigenvalue weighted by molar-refractivity contribution is 5.99. The van der Waals surface area contributed by atoms with Gasteiger partial charge in [-0.1, -0.05) is 44.2 Å². The highest BCUT2D eigenvalue weighted by atomic mass is 16.2. The first-order valence-corrected chi connectivity index (χ1v) is 11.4. The lowest BCUT2D eigenvalue weighted by Crippen LogP contribution is -2.48. The van der Waals surface area contributed by atoms with Gasteiger partial charge < -0.3 is 21.7 Å². The quantitative estimate of drug-likeness (QED) is 0.493. The maximum atomic E-state index is 12.8. The fourth-order valence-electron chi connectivity index (χ4n) is 3.97. The summed E-state index contributed by atoms with van der Waals surface area (Å²) in [5, 5.41) is 8.39. The molecule has 3 rings (SSSR count). The Bertz CT molecular complexity index is 946. The van der Waals surface area contributed by atoms with E-state index < -0.39 is 12.1 Å². The number of nitrogens with one attached hydrogen (secondary N) is 3. The number of benzene rings is 2. The van der Waals surface area contributed by atoms with E-state index in [0.717, 1.165) is 31.5 Å². The molecule has 2 atom stereocenters. The van der Waals surface area contributed by atoms with E-state index in [1.54, 1.807) is 12.1 Å². The van der Waals surface area contributed by atoms with E-state index in [1.165, 1.54) is 0 Å². The Balaban J connectivity index is 1.54. The third-order valence-electron chi connectivity index (χ3n) is 5.80. The number of anilines is 2. The summed E-state index contributed by atoms with van der Waals surface area (Å²) < 4.78 is 0. The van der Waals surface area contributed by atoms with Gasteiger partial charge in [-0.15, -0.1) is 0 Å². The molecule has 8 heteroatoms. The number of carbonyl (C=O) groups is 3. The van der Waals surface area contributed by atoms with Crippen molar-refractivity contribution in [3.8, 4) is 0 Å². The molecule has 0 aliphatic carbocycles. The molecule has 4 amide bonds. The Morgan fingerprint density at radius 3 is 2.30 bits per heavy atom. The van der Waals surface area contributed by atoms with Gasteiger partial charge >= 0.3 is 6.03 Å². The summed E-state index contributed by atoms with van der Waals surface area (Å²) in [5.74, 6) is -0.690. The lowest BCUT2D eigenvalue weighted by molar-refractivity contribution is -0.123. The summed E-state index contributed by atoms with van der Waals surface area (Å²) in [5.41, 5.74) is 7.88. The molecule has 0 radical (unpaired) electrons. The van der Waals surface area contributed by atoms with Crippen LogP contribution in [0.4, 0.5) is 16.2 Å². The number of likely N-dealkylation sites (tertiary alicyclic amines) is 1. The molecule has 1 fully saturated rings. The summed E-state index contributed by atoms with van der Waals surface area (Å²) in [7, 11) is 0. The molecule has 0 spiro atoms. The van der Waals surface area contributed by atoms with Crippen molar-refractivity contribution in [3.05, 3.63) is 60.2 Å². The molecule has 1 aliphatic heterocycles. The van der Waals surface area contributed by atoms with Crippen LogP contribution in [-0.4, -0.2) is 41.9 Å². The first-order valence-electron chi connectivity index (χ1n) is 11.4. The number of amides is 4. The molecule has 2 unspecified atom stereocenters. The zero-order valence-corrected chi connectivity index (χ0v) is 19.2. The van der Waals surface area contributed by atoms with E-state index in [-0.39, 0.29) is 23.7 Å². The number of hydrogen-bond acceptors (Lipinski definition) is 4. The van der Waals surface area contributed by atoms with Crippen LogP contribution in [0.5, 0.6) is 0 Å². The number of nitrogens with two attached hydrogens (primary N) is 1. The van der Waals surface area contributed by atoms with Gasteiger partial charge in [0.25, 0.3) is 0 Å². The van der Waals surface area contributed by atoms with Gasteiger partial charge in [0.1, 0.15) is 6.04 Å². The first-order chi connectivity index (χ1) is 15.8. The van der Waals surface area contributed by atoms with Crippen LogP contribution in [0.3, 0.4) is 0 Å². The van der Waals surface area contributed by atoms with Crippen molar-refractivity contribution >= 4 is 29.2 Å².